The lowest BCUT2D eigenvalue weighted by atomic mass is 10.2. The predicted octanol–water partition coefficient (Wildman–Crippen LogP) is 2.66. The topological polar surface area (TPSA) is 56.0 Å². The number of nitrogens with two attached hydrogens (primary N) is 1. The molecule has 3 nitrogen and oxygen atoms in total. The number of thioether (sulfide) groups is 1. The average Bonchev–Trinajstić information content (AvgIpc) is 2.22. The van der Waals surface area contributed by atoms with Gasteiger partial charge in [-0.25, -0.2) is 4.98 Å². The van der Waals surface area contributed by atoms with E-state index in [1.165, 1.54) is 11.8 Å². The van der Waals surface area contributed by atoms with Crippen LogP contribution in [-0.2, 0) is 4.79 Å². The largest absolute Gasteiger partial charge is 0.383 e. The molecule has 0 spiro atoms. The minimum atomic E-state index is 0.165. The second-order valence-electron chi connectivity index (χ2n) is 3.50. The first-order valence-electron chi connectivity index (χ1n) is 5.11. The van der Waals surface area contributed by atoms with E-state index >= 15 is 0 Å². The number of nitrogen functional groups attached to an aromatic ring is 1. The second-order valence-corrected chi connectivity index (χ2v) is 4.77. The van der Waals surface area contributed by atoms with Gasteiger partial charge in [0.05, 0.1) is 0 Å². The number of pyridine rings is 1. The molecule has 4 heteroatoms. The van der Waals surface area contributed by atoms with E-state index in [2.05, 4.69) is 4.98 Å². The normalized spacial score (nSPS) is 10.9. The zero-order valence-corrected chi connectivity index (χ0v) is 10.4. The van der Waals surface area contributed by atoms with E-state index in [-0.39, 0.29) is 5.12 Å². The molecule has 0 atom stereocenters. The zero-order chi connectivity index (χ0) is 12.0. The van der Waals surface area contributed by atoms with E-state index in [9.17, 15) is 4.79 Å². The monoisotopic (exact) mass is 236 g/mol. The molecule has 0 fully saturated rings. The van der Waals surface area contributed by atoms with Crippen LogP contribution in [0.25, 0.3) is 6.08 Å². The molecule has 1 aromatic heterocycles. The number of aromatic nitrogens is 1. The highest BCUT2D eigenvalue weighted by Gasteiger charge is 1.95. The van der Waals surface area contributed by atoms with Crippen molar-refractivity contribution < 1.29 is 4.79 Å². The second kappa shape index (κ2) is 6.33. The number of carbonyl (C=O) groups excluding carboxylic acids is 1. The van der Waals surface area contributed by atoms with Crippen LogP contribution in [0.2, 0.25) is 0 Å². The summed E-state index contributed by atoms with van der Waals surface area (Å²) in [7, 11) is 0. The lowest BCUT2D eigenvalue weighted by Crippen LogP contribution is -1.93. The number of carbonyl (C=O) groups is 1. The fourth-order valence-electron chi connectivity index (χ4n) is 1.19. The number of nitrogens with zero attached hydrogens (tertiary/aromatic N) is 1. The minimum Gasteiger partial charge on any atom is -0.383 e. The molecule has 0 aromatic carbocycles. The molecule has 16 heavy (non-hydrogen) atoms. The summed E-state index contributed by atoms with van der Waals surface area (Å²) in [6.45, 7) is 3.52. The number of allylic oxidation sites excluding steroid dienone is 1. The Morgan fingerprint density at radius 2 is 2.38 bits per heavy atom. The van der Waals surface area contributed by atoms with Crippen LogP contribution in [-0.4, -0.2) is 15.9 Å². The van der Waals surface area contributed by atoms with Gasteiger partial charge in [-0.1, -0.05) is 23.9 Å². The number of anilines is 1. The van der Waals surface area contributed by atoms with Crippen molar-refractivity contribution >= 4 is 28.8 Å². The highest BCUT2D eigenvalue weighted by molar-refractivity contribution is 8.13. The summed E-state index contributed by atoms with van der Waals surface area (Å²) in [4.78, 5) is 14.7. The highest BCUT2D eigenvalue weighted by atomic mass is 32.2. The van der Waals surface area contributed by atoms with Gasteiger partial charge in [-0.15, -0.1) is 0 Å². The Bertz CT molecular complexity index is 402. The van der Waals surface area contributed by atoms with Crippen molar-refractivity contribution in [3.8, 4) is 0 Å². The molecule has 0 saturated heterocycles. The molecule has 1 aromatic rings. The molecule has 0 saturated carbocycles. The van der Waals surface area contributed by atoms with E-state index in [0.717, 1.165) is 23.3 Å². The smallest absolute Gasteiger partial charge is 0.185 e. The quantitative estimate of drug-likeness (QED) is 0.816. The molecular weight excluding hydrogens is 220 g/mol. The van der Waals surface area contributed by atoms with Crippen LogP contribution in [0.15, 0.2) is 18.3 Å². The van der Waals surface area contributed by atoms with E-state index in [1.54, 1.807) is 13.1 Å². The van der Waals surface area contributed by atoms with Crippen LogP contribution < -0.4 is 5.73 Å². The van der Waals surface area contributed by atoms with Gasteiger partial charge in [0.25, 0.3) is 0 Å². The van der Waals surface area contributed by atoms with Crippen LogP contribution in [0.4, 0.5) is 5.82 Å². The van der Waals surface area contributed by atoms with E-state index in [1.807, 2.05) is 25.1 Å². The van der Waals surface area contributed by atoms with Crippen LogP contribution in [0.5, 0.6) is 0 Å². The minimum absolute atomic E-state index is 0.165. The third-order valence-corrected chi connectivity index (χ3v) is 2.89. The van der Waals surface area contributed by atoms with Gasteiger partial charge >= 0.3 is 0 Å². The van der Waals surface area contributed by atoms with E-state index in [0.29, 0.717) is 5.82 Å². The third kappa shape index (κ3) is 4.49. The number of aryl methyl sites for hydroxylation is 1. The summed E-state index contributed by atoms with van der Waals surface area (Å²) in [5.74, 6) is 1.40. The van der Waals surface area contributed by atoms with E-state index < -0.39 is 0 Å². The standard InChI is InChI=1S/C12H16N2OS/c1-9-7-11(8-14-12(9)13)5-3-4-6-16-10(2)15/h3,5,7-8H,4,6H2,1-2H3,(H2,13,14). The van der Waals surface area contributed by atoms with Gasteiger partial charge < -0.3 is 5.73 Å². The van der Waals surface area contributed by atoms with Gasteiger partial charge in [0.1, 0.15) is 5.82 Å². The maximum Gasteiger partial charge on any atom is 0.185 e. The van der Waals surface area contributed by atoms with Crippen molar-refractivity contribution in [2.24, 2.45) is 0 Å². The first-order valence-corrected chi connectivity index (χ1v) is 6.10. The van der Waals surface area contributed by atoms with Gasteiger partial charge in [0.15, 0.2) is 5.12 Å². The molecule has 0 aliphatic heterocycles. The molecule has 1 rings (SSSR count). The van der Waals surface area contributed by atoms with Crippen LogP contribution >= 0.6 is 11.8 Å². The Morgan fingerprint density at radius 3 is 3.00 bits per heavy atom. The Hall–Kier alpha value is -1.29. The number of hydrogen-bond donors (Lipinski definition) is 1. The fraction of sp³-hybridized carbons (Fsp3) is 0.333. The zero-order valence-electron chi connectivity index (χ0n) is 9.56. The summed E-state index contributed by atoms with van der Waals surface area (Å²) in [5, 5.41) is 0.165. The van der Waals surface area contributed by atoms with Gasteiger partial charge in [-0.05, 0) is 30.5 Å². The SMILES string of the molecule is CC(=O)SCCC=Cc1cnc(N)c(C)c1. The summed E-state index contributed by atoms with van der Waals surface area (Å²) >= 11 is 1.35. The summed E-state index contributed by atoms with van der Waals surface area (Å²) in [6.07, 6.45) is 6.67. The average molecular weight is 236 g/mol. The summed E-state index contributed by atoms with van der Waals surface area (Å²) in [6, 6.07) is 2.00. The Kier molecular flexibility index (Phi) is 5.05. The van der Waals surface area contributed by atoms with Crippen molar-refractivity contribution in [3.63, 3.8) is 0 Å². The molecule has 0 bridgehead atoms. The summed E-state index contributed by atoms with van der Waals surface area (Å²) in [5.41, 5.74) is 7.65. The Labute approximate surface area is 100 Å². The van der Waals surface area contributed by atoms with Crippen molar-refractivity contribution in [1.29, 1.82) is 0 Å². The number of rotatable bonds is 4. The molecule has 86 valence electrons. The molecule has 0 amide bonds. The number of hydrogen-bond acceptors (Lipinski definition) is 4. The molecule has 0 aliphatic carbocycles. The van der Waals surface area contributed by atoms with Gasteiger partial charge in [0, 0.05) is 18.9 Å². The van der Waals surface area contributed by atoms with Crippen molar-refractivity contribution in [3.05, 3.63) is 29.5 Å². The molecular formula is C12H16N2OS. The van der Waals surface area contributed by atoms with Crippen LogP contribution in [0.1, 0.15) is 24.5 Å². The first-order chi connectivity index (χ1) is 7.59. The molecule has 1 heterocycles. The van der Waals surface area contributed by atoms with Gasteiger partial charge in [-0.3, -0.25) is 4.79 Å². The first kappa shape index (κ1) is 12.8. The maximum atomic E-state index is 10.7. The third-order valence-electron chi connectivity index (χ3n) is 2.04. The Balaban J connectivity index is 2.44. The molecule has 0 unspecified atom stereocenters. The molecule has 0 radical (unpaired) electrons. The summed E-state index contributed by atoms with van der Waals surface area (Å²) < 4.78 is 0. The Morgan fingerprint density at radius 1 is 1.62 bits per heavy atom. The van der Waals surface area contributed by atoms with Gasteiger partial charge in [0.2, 0.25) is 0 Å². The van der Waals surface area contributed by atoms with Crippen LogP contribution in [0.3, 0.4) is 0 Å². The molecule has 2 N–H and O–H groups in total. The lowest BCUT2D eigenvalue weighted by Gasteiger charge is -1.99. The van der Waals surface area contributed by atoms with Crippen LogP contribution in [0, 0.1) is 6.92 Å². The highest BCUT2D eigenvalue weighted by Crippen LogP contribution is 2.11. The van der Waals surface area contributed by atoms with E-state index in [4.69, 9.17) is 5.73 Å². The maximum absolute atomic E-state index is 10.7. The fourth-order valence-corrected chi connectivity index (χ4v) is 1.73. The lowest BCUT2D eigenvalue weighted by molar-refractivity contribution is -0.109. The molecule has 0 aliphatic rings. The predicted molar refractivity (Wildman–Crippen MR) is 70.2 cm³/mol. The van der Waals surface area contributed by atoms with Crippen molar-refractivity contribution in [2.75, 3.05) is 11.5 Å². The van der Waals surface area contributed by atoms with Crippen molar-refractivity contribution in [1.82, 2.24) is 4.98 Å². The van der Waals surface area contributed by atoms with Gasteiger partial charge in [-0.2, -0.15) is 0 Å². The van der Waals surface area contributed by atoms with Crippen molar-refractivity contribution in [2.45, 2.75) is 20.3 Å².